The summed E-state index contributed by atoms with van der Waals surface area (Å²) in [7, 11) is 0. The van der Waals surface area contributed by atoms with E-state index < -0.39 is 0 Å². The number of hydrogen-bond acceptors (Lipinski definition) is 3. The molecule has 2 heterocycles. The van der Waals surface area contributed by atoms with E-state index in [1.807, 2.05) is 29.4 Å². The van der Waals surface area contributed by atoms with Gasteiger partial charge in [0.2, 0.25) is 0 Å². The van der Waals surface area contributed by atoms with E-state index in [9.17, 15) is 4.79 Å². The van der Waals surface area contributed by atoms with E-state index in [-0.39, 0.29) is 12.5 Å². The van der Waals surface area contributed by atoms with E-state index in [0.717, 1.165) is 18.8 Å². The smallest absolute Gasteiger partial charge is 0.260 e. The summed E-state index contributed by atoms with van der Waals surface area (Å²) in [5.74, 6) is 0.427. The molecule has 0 bridgehead atoms. The van der Waals surface area contributed by atoms with Crippen molar-refractivity contribution < 1.29 is 14.5 Å². The van der Waals surface area contributed by atoms with Gasteiger partial charge in [0.05, 0.1) is 5.02 Å². The first-order valence-corrected chi connectivity index (χ1v) is 8.46. The molecule has 1 amide bonds. The fourth-order valence-corrected chi connectivity index (χ4v) is 3.09. The summed E-state index contributed by atoms with van der Waals surface area (Å²) in [5.41, 5.74) is 1.16. The zero-order valence-electron chi connectivity index (χ0n) is 13.0. The van der Waals surface area contributed by atoms with Gasteiger partial charge in [0, 0.05) is 49.0 Å². The fourth-order valence-electron chi connectivity index (χ4n) is 2.63. The Labute approximate surface area is 150 Å². The van der Waals surface area contributed by atoms with Gasteiger partial charge in [-0.05, 0) is 18.2 Å². The van der Waals surface area contributed by atoms with E-state index >= 15 is 0 Å². The Morgan fingerprint density at radius 2 is 1.79 bits per heavy atom. The van der Waals surface area contributed by atoms with Gasteiger partial charge >= 0.3 is 0 Å². The Kier molecular flexibility index (Phi) is 5.43. The van der Waals surface area contributed by atoms with Gasteiger partial charge in [0.25, 0.3) is 5.91 Å². The molecule has 7 heteroatoms. The van der Waals surface area contributed by atoms with Crippen LogP contribution in [0.4, 0.5) is 5.69 Å². The topological polar surface area (TPSA) is 46.9 Å². The van der Waals surface area contributed by atoms with Crippen LogP contribution >= 0.6 is 23.2 Å². The number of piperazine rings is 1. The largest absolute Gasteiger partial charge is 0.482 e. The molecule has 0 aliphatic carbocycles. The summed E-state index contributed by atoms with van der Waals surface area (Å²) in [6, 6.07) is 9.01. The predicted molar refractivity (Wildman–Crippen MR) is 93.7 cm³/mol. The highest BCUT2D eigenvalue weighted by Gasteiger charge is 2.22. The van der Waals surface area contributed by atoms with E-state index in [4.69, 9.17) is 27.9 Å². The van der Waals surface area contributed by atoms with E-state index in [0.29, 0.717) is 28.9 Å². The monoisotopic (exact) mass is 366 g/mol. The van der Waals surface area contributed by atoms with Crippen molar-refractivity contribution in [3.05, 3.63) is 52.8 Å². The molecule has 1 aromatic carbocycles. The zero-order chi connectivity index (χ0) is 16.9. The van der Waals surface area contributed by atoms with Crippen LogP contribution in [0.25, 0.3) is 0 Å². The quantitative estimate of drug-likeness (QED) is 0.835. The number of pyridine rings is 1. The molecule has 1 fully saturated rings. The minimum Gasteiger partial charge on any atom is -0.482 e. The van der Waals surface area contributed by atoms with Gasteiger partial charge in [-0.15, -0.1) is 0 Å². The second-order valence-electron chi connectivity index (χ2n) is 5.49. The first-order valence-electron chi connectivity index (χ1n) is 7.70. The molecule has 0 atom stereocenters. The molecule has 0 radical (unpaired) electrons. The lowest BCUT2D eigenvalue weighted by atomic mass is 10.2. The number of anilines is 1. The van der Waals surface area contributed by atoms with Gasteiger partial charge in [0.15, 0.2) is 19.0 Å². The number of amides is 1. The van der Waals surface area contributed by atoms with E-state index in [2.05, 4.69) is 9.88 Å². The summed E-state index contributed by atoms with van der Waals surface area (Å²) in [5, 5.41) is 0.939. The van der Waals surface area contributed by atoms with Crippen molar-refractivity contribution >= 4 is 34.8 Å². The van der Waals surface area contributed by atoms with Crippen LogP contribution in [0.15, 0.2) is 42.7 Å². The molecule has 3 rings (SSSR count). The number of ether oxygens (including phenoxy) is 1. The average molecular weight is 367 g/mol. The number of carbonyl (C=O) groups is 1. The first kappa shape index (κ1) is 16.9. The molecule has 1 aliphatic rings. The molecule has 0 spiro atoms. The lowest BCUT2D eigenvalue weighted by Crippen LogP contribution is -2.50. The molecule has 24 heavy (non-hydrogen) atoms. The molecule has 0 saturated carbocycles. The molecule has 1 saturated heterocycles. The average Bonchev–Trinajstić information content (AvgIpc) is 2.62. The maximum Gasteiger partial charge on any atom is 0.260 e. The summed E-state index contributed by atoms with van der Waals surface area (Å²) in [6.45, 7) is 2.93. The van der Waals surface area contributed by atoms with Crippen molar-refractivity contribution in [3.8, 4) is 5.75 Å². The van der Waals surface area contributed by atoms with Gasteiger partial charge in [-0.25, -0.2) is 4.98 Å². The number of carbonyl (C=O) groups excluding carboxylic acids is 1. The highest BCUT2D eigenvalue weighted by molar-refractivity contribution is 6.35. The number of nitrogens with zero attached hydrogens (tertiary/aromatic N) is 2. The van der Waals surface area contributed by atoms with Crippen LogP contribution < -0.4 is 14.6 Å². The third kappa shape index (κ3) is 4.10. The van der Waals surface area contributed by atoms with Crippen LogP contribution in [0.5, 0.6) is 5.75 Å². The highest BCUT2D eigenvalue weighted by Crippen LogP contribution is 2.27. The van der Waals surface area contributed by atoms with Gasteiger partial charge in [-0.2, -0.15) is 0 Å². The second kappa shape index (κ2) is 7.73. The molecule has 126 valence electrons. The van der Waals surface area contributed by atoms with Crippen molar-refractivity contribution in [2.45, 2.75) is 0 Å². The number of nitrogens with one attached hydrogen (secondary N) is 1. The second-order valence-corrected chi connectivity index (χ2v) is 6.33. The third-order valence-electron chi connectivity index (χ3n) is 3.94. The fraction of sp³-hybridized carbons (Fsp3) is 0.294. The molecule has 0 unspecified atom stereocenters. The van der Waals surface area contributed by atoms with Crippen LogP contribution in [-0.4, -0.2) is 43.6 Å². The zero-order valence-corrected chi connectivity index (χ0v) is 14.6. The molecular formula is C17H18Cl2N3O2+. The number of hydrogen-bond donors (Lipinski definition) is 0. The number of rotatable bonds is 4. The Balaban J connectivity index is 1.50. The maximum atomic E-state index is 12.3. The Morgan fingerprint density at radius 3 is 2.46 bits per heavy atom. The van der Waals surface area contributed by atoms with Crippen molar-refractivity contribution in [2.75, 3.05) is 37.7 Å². The summed E-state index contributed by atoms with van der Waals surface area (Å²) in [4.78, 5) is 19.4. The number of H-pyrrole nitrogens is 1. The van der Waals surface area contributed by atoms with Crippen molar-refractivity contribution in [1.29, 1.82) is 0 Å². The molecule has 5 nitrogen and oxygen atoms in total. The summed E-state index contributed by atoms with van der Waals surface area (Å²) in [6.07, 6.45) is 3.80. The normalized spacial score (nSPS) is 14.6. The van der Waals surface area contributed by atoms with E-state index in [1.54, 1.807) is 18.2 Å². The molecule has 1 aliphatic heterocycles. The summed E-state index contributed by atoms with van der Waals surface area (Å²) >= 11 is 11.9. The number of aromatic amines is 1. The molecule has 2 aromatic rings. The minimum absolute atomic E-state index is 0.0261. The van der Waals surface area contributed by atoms with Crippen LogP contribution in [0.1, 0.15) is 0 Å². The molecular weight excluding hydrogens is 349 g/mol. The van der Waals surface area contributed by atoms with E-state index in [1.165, 1.54) is 0 Å². The van der Waals surface area contributed by atoms with Crippen molar-refractivity contribution in [2.24, 2.45) is 0 Å². The molecule has 1 aromatic heterocycles. The standard InChI is InChI=1S/C17H17Cl2N3O2/c18-13-1-2-16(15(19)11-13)24-12-17(23)22-9-7-21(8-10-22)14-3-5-20-6-4-14/h1-6,11H,7-10,12H2/p+1. The number of halogens is 2. The Bertz CT molecular complexity index is 704. The third-order valence-corrected chi connectivity index (χ3v) is 4.47. The lowest BCUT2D eigenvalue weighted by molar-refractivity contribution is -0.377. The van der Waals surface area contributed by atoms with Crippen molar-refractivity contribution in [3.63, 3.8) is 0 Å². The number of benzene rings is 1. The lowest BCUT2D eigenvalue weighted by Gasteiger charge is -2.35. The highest BCUT2D eigenvalue weighted by atomic mass is 35.5. The van der Waals surface area contributed by atoms with Gasteiger partial charge in [-0.1, -0.05) is 23.2 Å². The molecule has 1 N–H and O–H groups in total. The predicted octanol–water partition coefficient (Wildman–Crippen LogP) is 2.54. The van der Waals surface area contributed by atoms with Gasteiger partial charge in [0.1, 0.15) is 5.75 Å². The number of aromatic nitrogens is 1. The SMILES string of the molecule is O=C(COc1ccc(Cl)cc1Cl)N1CCN(c2cc[nH+]cc2)CC1. The van der Waals surface area contributed by atoms with Gasteiger partial charge in [-0.3, -0.25) is 4.79 Å². The van der Waals surface area contributed by atoms with Gasteiger partial charge < -0.3 is 14.5 Å². The van der Waals surface area contributed by atoms with Crippen LogP contribution in [0.3, 0.4) is 0 Å². The first-order chi connectivity index (χ1) is 11.6. The maximum absolute atomic E-state index is 12.3. The Hall–Kier alpha value is -1.98. The Morgan fingerprint density at radius 1 is 1.08 bits per heavy atom. The van der Waals surface area contributed by atoms with Crippen LogP contribution in [-0.2, 0) is 4.79 Å². The van der Waals surface area contributed by atoms with Crippen LogP contribution in [0, 0.1) is 0 Å². The van der Waals surface area contributed by atoms with Crippen molar-refractivity contribution in [1.82, 2.24) is 4.90 Å². The van der Waals surface area contributed by atoms with Crippen LogP contribution in [0.2, 0.25) is 10.0 Å². The summed E-state index contributed by atoms with van der Waals surface area (Å²) < 4.78 is 5.52. The minimum atomic E-state index is -0.0398.